The lowest BCUT2D eigenvalue weighted by molar-refractivity contribution is -0.131. The van der Waals surface area contributed by atoms with Crippen LogP contribution >= 0.6 is 11.8 Å². The SMILES string of the molecule is O=C(CCN=C1NC2CCCCC2CS1)N1CCCCC1. The summed E-state index contributed by atoms with van der Waals surface area (Å²) in [6.07, 6.45) is 9.57. The molecule has 1 saturated carbocycles. The number of thioether (sulfide) groups is 1. The number of nitrogens with one attached hydrogen (secondary N) is 1. The second-order valence-electron chi connectivity index (χ2n) is 6.48. The van der Waals surface area contributed by atoms with Gasteiger partial charge >= 0.3 is 0 Å². The molecule has 2 atom stereocenters. The summed E-state index contributed by atoms with van der Waals surface area (Å²) in [5.41, 5.74) is 0. The summed E-state index contributed by atoms with van der Waals surface area (Å²) in [4.78, 5) is 18.7. The Labute approximate surface area is 132 Å². The van der Waals surface area contributed by atoms with Crippen molar-refractivity contribution in [2.45, 2.75) is 57.4 Å². The molecule has 4 nitrogen and oxygen atoms in total. The van der Waals surface area contributed by atoms with Crippen LogP contribution in [0.1, 0.15) is 51.4 Å². The molecule has 0 radical (unpaired) electrons. The largest absolute Gasteiger partial charge is 0.362 e. The number of nitrogens with zero attached hydrogens (tertiary/aromatic N) is 2. The fourth-order valence-electron chi connectivity index (χ4n) is 3.63. The summed E-state index contributed by atoms with van der Waals surface area (Å²) < 4.78 is 0. The predicted octanol–water partition coefficient (Wildman–Crippen LogP) is 2.64. The highest BCUT2D eigenvalue weighted by atomic mass is 32.2. The summed E-state index contributed by atoms with van der Waals surface area (Å²) >= 11 is 1.85. The quantitative estimate of drug-likeness (QED) is 0.871. The Balaban J connectivity index is 1.42. The number of amidine groups is 1. The van der Waals surface area contributed by atoms with Gasteiger partial charge < -0.3 is 10.2 Å². The van der Waals surface area contributed by atoms with Crippen LogP contribution in [0.5, 0.6) is 0 Å². The lowest BCUT2D eigenvalue weighted by Gasteiger charge is -2.36. The molecular weight excluding hydrogens is 282 g/mol. The van der Waals surface area contributed by atoms with Gasteiger partial charge in [0.2, 0.25) is 5.91 Å². The number of likely N-dealkylation sites (tertiary alicyclic amines) is 1. The Bertz CT molecular complexity index is 393. The molecule has 2 aliphatic heterocycles. The van der Waals surface area contributed by atoms with Crippen LogP contribution in [-0.4, -0.2) is 47.4 Å². The number of aliphatic imine (C=N–C) groups is 1. The van der Waals surface area contributed by atoms with E-state index in [1.165, 1.54) is 50.7 Å². The molecule has 3 fully saturated rings. The molecule has 0 aromatic carbocycles. The second kappa shape index (κ2) is 7.52. The number of hydrogen-bond acceptors (Lipinski definition) is 3. The van der Waals surface area contributed by atoms with Crippen molar-refractivity contribution >= 4 is 22.8 Å². The van der Waals surface area contributed by atoms with E-state index < -0.39 is 0 Å². The molecular formula is C16H27N3OS. The minimum absolute atomic E-state index is 0.287. The highest BCUT2D eigenvalue weighted by Crippen LogP contribution is 2.31. The van der Waals surface area contributed by atoms with Crippen molar-refractivity contribution in [3.05, 3.63) is 0 Å². The number of carbonyl (C=O) groups excluding carboxylic acids is 1. The van der Waals surface area contributed by atoms with Gasteiger partial charge in [-0.25, -0.2) is 0 Å². The van der Waals surface area contributed by atoms with Crippen LogP contribution in [0.25, 0.3) is 0 Å². The molecule has 21 heavy (non-hydrogen) atoms. The van der Waals surface area contributed by atoms with Crippen molar-refractivity contribution in [2.75, 3.05) is 25.4 Å². The lowest BCUT2D eigenvalue weighted by atomic mass is 9.86. The van der Waals surface area contributed by atoms with Gasteiger partial charge in [-0.05, 0) is 38.0 Å². The molecule has 3 rings (SSSR count). The molecule has 0 aromatic heterocycles. The van der Waals surface area contributed by atoms with Crippen molar-refractivity contribution in [3.8, 4) is 0 Å². The summed E-state index contributed by atoms with van der Waals surface area (Å²) in [7, 11) is 0. The third kappa shape index (κ3) is 4.15. The number of carbonyl (C=O) groups is 1. The van der Waals surface area contributed by atoms with Crippen LogP contribution < -0.4 is 5.32 Å². The van der Waals surface area contributed by atoms with Crippen molar-refractivity contribution in [1.29, 1.82) is 0 Å². The number of piperidine rings is 1. The summed E-state index contributed by atoms with van der Waals surface area (Å²) in [6, 6.07) is 0.636. The van der Waals surface area contributed by atoms with Crippen LogP contribution in [0, 0.1) is 5.92 Å². The molecule has 118 valence electrons. The van der Waals surface area contributed by atoms with Crippen LogP contribution in [0.2, 0.25) is 0 Å². The van der Waals surface area contributed by atoms with Crippen molar-refractivity contribution < 1.29 is 4.79 Å². The second-order valence-corrected chi connectivity index (χ2v) is 7.49. The fraction of sp³-hybridized carbons (Fsp3) is 0.875. The topological polar surface area (TPSA) is 44.7 Å². The van der Waals surface area contributed by atoms with Crippen LogP contribution in [0.3, 0.4) is 0 Å². The number of fused-ring (bicyclic) bond motifs is 1. The van der Waals surface area contributed by atoms with Gasteiger partial charge in [0.15, 0.2) is 5.17 Å². The molecule has 2 saturated heterocycles. The van der Waals surface area contributed by atoms with Gasteiger partial charge in [0.25, 0.3) is 0 Å². The lowest BCUT2D eigenvalue weighted by Crippen LogP contribution is -2.46. The van der Waals surface area contributed by atoms with E-state index in [-0.39, 0.29) is 5.91 Å². The highest BCUT2D eigenvalue weighted by Gasteiger charge is 2.30. The van der Waals surface area contributed by atoms with Gasteiger partial charge in [-0.15, -0.1) is 0 Å². The van der Waals surface area contributed by atoms with Gasteiger partial charge in [0.05, 0.1) is 6.54 Å². The third-order valence-corrected chi connectivity index (χ3v) is 6.06. The molecule has 1 N–H and O–H groups in total. The van der Waals surface area contributed by atoms with Crippen molar-refractivity contribution in [2.24, 2.45) is 10.9 Å². The Kier molecular flexibility index (Phi) is 5.44. The number of rotatable bonds is 3. The first-order valence-electron chi connectivity index (χ1n) is 8.54. The van der Waals surface area contributed by atoms with Gasteiger partial charge in [0, 0.05) is 31.3 Å². The zero-order valence-electron chi connectivity index (χ0n) is 12.9. The number of hydrogen-bond donors (Lipinski definition) is 1. The molecule has 0 bridgehead atoms. The van der Waals surface area contributed by atoms with Gasteiger partial charge in [-0.3, -0.25) is 9.79 Å². The van der Waals surface area contributed by atoms with E-state index in [1.807, 2.05) is 16.7 Å². The standard InChI is InChI=1S/C16H27N3OS/c20-15(19-10-4-1-5-11-19)8-9-17-16-18-14-7-3-2-6-13(14)12-21-16/h13-14H,1-12H2,(H,17,18). The van der Waals surface area contributed by atoms with Crippen LogP contribution in [-0.2, 0) is 4.79 Å². The molecule has 0 aromatic rings. The zero-order chi connectivity index (χ0) is 14.5. The smallest absolute Gasteiger partial charge is 0.224 e. The van der Waals surface area contributed by atoms with Crippen LogP contribution in [0.4, 0.5) is 0 Å². The average molecular weight is 309 g/mol. The van der Waals surface area contributed by atoms with Crippen molar-refractivity contribution in [1.82, 2.24) is 10.2 Å². The van der Waals surface area contributed by atoms with E-state index in [2.05, 4.69) is 10.3 Å². The minimum Gasteiger partial charge on any atom is -0.362 e. The van der Waals surface area contributed by atoms with E-state index in [1.54, 1.807) is 0 Å². The molecule has 5 heteroatoms. The molecule has 1 amide bonds. The molecule has 2 heterocycles. The van der Waals surface area contributed by atoms with E-state index in [0.717, 1.165) is 24.2 Å². The predicted molar refractivity (Wildman–Crippen MR) is 88.7 cm³/mol. The fourth-order valence-corrected chi connectivity index (χ4v) is 4.82. The first-order chi connectivity index (χ1) is 10.3. The first kappa shape index (κ1) is 15.2. The maximum atomic E-state index is 12.1. The summed E-state index contributed by atoms with van der Waals surface area (Å²) in [5, 5.41) is 4.67. The molecule has 2 unspecified atom stereocenters. The van der Waals surface area contributed by atoms with Crippen molar-refractivity contribution in [3.63, 3.8) is 0 Å². The third-order valence-electron chi connectivity index (χ3n) is 4.94. The Morgan fingerprint density at radius 1 is 1.19 bits per heavy atom. The monoisotopic (exact) mass is 309 g/mol. The van der Waals surface area contributed by atoms with Gasteiger partial charge in [-0.1, -0.05) is 24.6 Å². The Hall–Kier alpha value is -0.710. The average Bonchev–Trinajstić information content (AvgIpc) is 2.55. The summed E-state index contributed by atoms with van der Waals surface area (Å²) in [6.45, 7) is 2.54. The molecule has 0 spiro atoms. The van der Waals surface area contributed by atoms with E-state index in [0.29, 0.717) is 19.0 Å². The zero-order valence-corrected chi connectivity index (χ0v) is 13.7. The van der Waals surface area contributed by atoms with E-state index in [4.69, 9.17) is 0 Å². The maximum absolute atomic E-state index is 12.1. The van der Waals surface area contributed by atoms with Gasteiger partial charge in [-0.2, -0.15) is 0 Å². The van der Waals surface area contributed by atoms with Crippen LogP contribution in [0.15, 0.2) is 4.99 Å². The van der Waals surface area contributed by atoms with E-state index >= 15 is 0 Å². The number of amides is 1. The summed E-state index contributed by atoms with van der Waals surface area (Å²) in [5.74, 6) is 2.32. The normalized spacial score (nSPS) is 31.6. The maximum Gasteiger partial charge on any atom is 0.224 e. The molecule has 3 aliphatic rings. The first-order valence-corrected chi connectivity index (χ1v) is 9.53. The van der Waals surface area contributed by atoms with Gasteiger partial charge in [0.1, 0.15) is 0 Å². The minimum atomic E-state index is 0.287. The van der Waals surface area contributed by atoms with E-state index in [9.17, 15) is 4.79 Å². The molecule has 1 aliphatic carbocycles. The highest BCUT2D eigenvalue weighted by molar-refractivity contribution is 8.13. The Morgan fingerprint density at radius 3 is 2.86 bits per heavy atom. The Morgan fingerprint density at radius 2 is 2.00 bits per heavy atom.